The zero-order valence-electron chi connectivity index (χ0n) is 14.3. The summed E-state index contributed by atoms with van der Waals surface area (Å²) in [5, 5.41) is 4.54. The fourth-order valence-electron chi connectivity index (χ4n) is 2.55. The van der Waals surface area contributed by atoms with Crippen molar-refractivity contribution in [2.75, 3.05) is 6.61 Å². The Balaban J connectivity index is 2.10. The molecule has 132 valence electrons. The maximum atomic E-state index is 12.4. The first-order valence-electron chi connectivity index (χ1n) is 8.18. The predicted molar refractivity (Wildman–Crippen MR) is 94.8 cm³/mol. The summed E-state index contributed by atoms with van der Waals surface area (Å²) in [4.78, 5) is 35.8. The maximum absolute atomic E-state index is 12.4. The number of hydrogen-bond donors (Lipinski definition) is 2. The highest BCUT2D eigenvalue weighted by Crippen LogP contribution is 2.16. The molecular formula is C19H22N2O4. The van der Waals surface area contributed by atoms with E-state index in [-0.39, 0.29) is 13.0 Å². The molecule has 0 fully saturated rings. The van der Waals surface area contributed by atoms with Crippen molar-refractivity contribution >= 4 is 28.6 Å². The average Bonchev–Trinajstić information content (AvgIpc) is 2.60. The summed E-state index contributed by atoms with van der Waals surface area (Å²) in [6.45, 7) is 3.60. The third-order valence-corrected chi connectivity index (χ3v) is 3.94. The molecule has 2 atom stereocenters. The lowest BCUT2D eigenvalue weighted by Crippen LogP contribution is -2.46. The molecule has 0 aromatic heterocycles. The van der Waals surface area contributed by atoms with Crippen LogP contribution in [0.1, 0.15) is 30.6 Å². The molecule has 2 aromatic rings. The summed E-state index contributed by atoms with van der Waals surface area (Å²) in [5.41, 5.74) is 5.80. The second kappa shape index (κ2) is 8.28. The number of rotatable bonds is 7. The Kier molecular flexibility index (Phi) is 6.11. The fourth-order valence-corrected chi connectivity index (χ4v) is 2.55. The number of carbonyl (C=O) groups is 3. The number of fused-ring (bicyclic) bond motifs is 1. The van der Waals surface area contributed by atoms with Crippen molar-refractivity contribution in [2.45, 2.75) is 26.3 Å². The summed E-state index contributed by atoms with van der Waals surface area (Å²) in [6, 6.07) is 12.0. The third kappa shape index (κ3) is 4.79. The van der Waals surface area contributed by atoms with Gasteiger partial charge in [0, 0.05) is 5.56 Å². The van der Waals surface area contributed by atoms with E-state index in [9.17, 15) is 14.4 Å². The lowest BCUT2D eigenvalue weighted by atomic mass is 10.0. The van der Waals surface area contributed by atoms with Crippen LogP contribution in [0.4, 0.5) is 0 Å². The second-order valence-corrected chi connectivity index (χ2v) is 5.88. The van der Waals surface area contributed by atoms with Gasteiger partial charge in [-0.15, -0.1) is 0 Å². The van der Waals surface area contributed by atoms with Crippen molar-refractivity contribution in [3.8, 4) is 0 Å². The molecule has 25 heavy (non-hydrogen) atoms. The van der Waals surface area contributed by atoms with Gasteiger partial charge in [-0.25, -0.2) is 0 Å². The number of carbonyl (C=O) groups excluding carboxylic acids is 3. The van der Waals surface area contributed by atoms with E-state index in [2.05, 4.69) is 5.32 Å². The first-order valence-corrected chi connectivity index (χ1v) is 8.18. The van der Waals surface area contributed by atoms with Gasteiger partial charge in [-0.3, -0.25) is 14.4 Å². The fraction of sp³-hybridized carbons (Fsp3) is 0.316. The van der Waals surface area contributed by atoms with Gasteiger partial charge >= 0.3 is 5.97 Å². The Morgan fingerprint density at radius 1 is 1.12 bits per heavy atom. The summed E-state index contributed by atoms with van der Waals surface area (Å²) in [7, 11) is 0. The summed E-state index contributed by atoms with van der Waals surface area (Å²) in [6.07, 6.45) is 0.0908. The van der Waals surface area contributed by atoms with Crippen LogP contribution in [0.25, 0.3) is 10.8 Å². The quantitative estimate of drug-likeness (QED) is 0.752. The first kappa shape index (κ1) is 18.4. The molecule has 2 rings (SSSR count). The SMILES string of the molecule is CCOC(=O)[C@@H](C)C[C@H](NC(=O)c1ccc2ccccc2c1)C(N)=O. The number of hydrogen-bond acceptors (Lipinski definition) is 4. The zero-order valence-corrected chi connectivity index (χ0v) is 14.3. The van der Waals surface area contributed by atoms with Crippen LogP contribution in [0.5, 0.6) is 0 Å². The van der Waals surface area contributed by atoms with E-state index in [1.54, 1.807) is 26.0 Å². The molecule has 2 aromatic carbocycles. The molecule has 0 aliphatic carbocycles. The van der Waals surface area contributed by atoms with Crippen molar-refractivity contribution < 1.29 is 19.1 Å². The van der Waals surface area contributed by atoms with Gasteiger partial charge in [0.25, 0.3) is 5.91 Å². The van der Waals surface area contributed by atoms with Gasteiger partial charge in [-0.05, 0) is 36.2 Å². The highest BCUT2D eigenvalue weighted by atomic mass is 16.5. The van der Waals surface area contributed by atoms with Crippen molar-refractivity contribution in [2.24, 2.45) is 11.7 Å². The van der Waals surface area contributed by atoms with Crippen molar-refractivity contribution in [3.05, 3.63) is 48.0 Å². The Labute approximate surface area is 146 Å². The first-order chi connectivity index (χ1) is 11.9. The highest BCUT2D eigenvalue weighted by molar-refractivity contribution is 6.00. The molecular weight excluding hydrogens is 320 g/mol. The topological polar surface area (TPSA) is 98.5 Å². The molecule has 0 saturated heterocycles. The minimum Gasteiger partial charge on any atom is -0.466 e. The number of benzene rings is 2. The summed E-state index contributed by atoms with van der Waals surface area (Å²) in [5.74, 6) is -2.07. The van der Waals surface area contributed by atoms with Crippen molar-refractivity contribution in [1.29, 1.82) is 0 Å². The number of esters is 1. The number of primary amides is 1. The van der Waals surface area contributed by atoms with E-state index in [0.717, 1.165) is 10.8 Å². The van der Waals surface area contributed by atoms with Crippen LogP contribution < -0.4 is 11.1 Å². The Morgan fingerprint density at radius 3 is 2.44 bits per heavy atom. The molecule has 0 bridgehead atoms. The second-order valence-electron chi connectivity index (χ2n) is 5.88. The van der Waals surface area contributed by atoms with E-state index >= 15 is 0 Å². The minimum absolute atomic E-state index is 0.0908. The van der Waals surface area contributed by atoms with Gasteiger partial charge in [0.2, 0.25) is 5.91 Å². The van der Waals surface area contributed by atoms with Gasteiger partial charge in [0.15, 0.2) is 0 Å². The number of ether oxygens (including phenoxy) is 1. The normalized spacial score (nSPS) is 13.0. The monoisotopic (exact) mass is 342 g/mol. The average molecular weight is 342 g/mol. The molecule has 0 unspecified atom stereocenters. The Hall–Kier alpha value is -2.89. The van der Waals surface area contributed by atoms with E-state index in [0.29, 0.717) is 5.56 Å². The van der Waals surface area contributed by atoms with Crippen LogP contribution in [0, 0.1) is 5.92 Å². The molecule has 0 spiro atoms. The number of amides is 2. The van der Waals surface area contributed by atoms with Gasteiger partial charge in [0.1, 0.15) is 6.04 Å². The van der Waals surface area contributed by atoms with E-state index in [1.807, 2.05) is 30.3 Å². The molecule has 2 amide bonds. The van der Waals surface area contributed by atoms with E-state index < -0.39 is 29.7 Å². The van der Waals surface area contributed by atoms with E-state index in [4.69, 9.17) is 10.5 Å². The highest BCUT2D eigenvalue weighted by Gasteiger charge is 2.25. The van der Waals surface area contributed by atoms with Crippen LogP contribution in [-0.4, -0.2) is 30.4 Å². The van der Waals surface area contributed by atoms with Gasteiger partial charge in [-0.1, -0.05) is 37.3 Å². The molecule has 0 heterocycles. The number of nitrogens with two attached hydrogens (primary N) is 1. The van der Waals surface area contributed by atoms with Crippen LogP contribution in [0.15, 0.2) is 42.5 Å². The molecule has 0 saturated carbocycles. The molecule has 0 radical (unpaired) electrons. The van der Waals surface area contributed by atoms with Crippen LogP contribution in [0.3, 0.4) is 0 Å². The van der Waals surface area contributed by atoms with E-state index in [1.165, 1.54) is 0 Å². The van der Waals surface area contributed by atoms with Crippen LogP contribution in [-0.2, 0) is 14.3 Å². The molecule has 0 aliphatic rings. The third-order valence-electron chi connectivity index (χ3n) is 3.94. The molecule has 6 nitrogen and oxygen atoms in total. The molecule has 6 heteroatoms. The lowest BCUT2D eigenvalue weighted by Gasteiger charge is -2.19. The molecule has 3 N–H and O–H groups in total. The van der Waals surface area contributed by atoms with Crippen LogP contribution in [0.2, 0.25) is 0 Å². The summed E-state index contributed by atoms with van der Waals surface area (Å²) < 4.78 is 4.92. The van der Waals surface area contributed by atoms with Crippen LogP contribution >= 0.6 is 0 Å². The number of nitrogens with one attached hydrogen (secondary N) is 1. The Bertz CT molecular complexity index is 788. The Morgan fingerprint density at radius 2 is 1.80 bits per heavy atom. The van der Waals surface area contributed by atoms with Crippen molar-refractivity contribution in [3.63, 3.8) is 0 Å². The standard InChI is InChI=1S/C19H22N2O4/c1-3-25-19(24)12(2)10-16(17(20)22)21-18(23)15-9-8-13-6-4-5-7-14(13)11-15/h4-9,11-12,16H,3,10H2,1-2H3,(H2,20,22)(H,21,23)/t12-,16-/m0/s1. The van der Waals surface area contributed by atoms with Crippen molar-refractivity contribution in [1.82, 2.24) is 5.32 Å². The minimum atomic E-state index is -0.946. The molecule has 0 aliphatic heterocycles. The van der Waals surface area contributed by atoms with Gasteiger partial charge in [0.05, 0.1) is 12.5 Å². The largest absolute Gasteiger partial charge is 0.466 e. The predicted octanol–water partition coefficient (Wildman–Crippen LogP) is 2.01. The summed E-state index contributed by atoms with van der Waals surface area (Å²) >= 11 is 0. The van der Waals surface area contributed by atoms with Gasteiger partial charge in [-0.2, -0.15) is 0 Å². The maximum Gasteiger partial charge on any atom is 0.308 e. The lowest BCUT2D eigenvalue weighted by molar-refractivity contribution is -0.147. The zero-order chi connectivity index (χ0) is 18.4. The smallest absolute Gasteiger partial charge is 0.308 e. The van der Waals surface area contributed by atoms with Gasteiger partial charge < -0.3 is 15.8 Å².